The van der Waals surface area contributed by atoms with E-state index in [-0.39, 0.29) is 0 Å². The fraction of sp³-hybridized carbons (Fsp3) is 0.179. The number of imidazole rings is 1. The monoisotopic (exact) mass is 508 g/mol. The summed E-state index contributed by atoms with van der Waals surface area (Å²) in [5.41, 5.74) is 5.43. The van der Waals surface area contributed by atoms with Gasteiger partial charge in [0.15, 0.2) is 11.5 Å². The van der Waals surface area contributed by atoms with Gasteiger partial charge in [0.05, 0.1) is 22.8 Å². The lowest BCUT2D eigenvalue weighted by Crippen LogP contribution is -2.18. The molecule has 0 aliphatic rings. The standard InChI is InChI=1S/C28H25FN8O/c1-2-3-6-22(38)33-18-12-17(14-31-15-18)19-7-8-21-23(24(19)29)26(37-36-21)28-34-25-20(9-11-32-27(25)35-28)16-5-4-10-30-13-16/h4-5,7-15,22,33,38H,2-3,6H2,1H3,(H,36,37)(H,32,34,35). The minimum Gasteiger partial charge on any atom is -0.374 e. The SMILES string of the molecule is CCCCC(O)Nc1cncc(-c2ccc3[nH]nc(-c4nc5c(-c6cccnc6)ccnc5[nH]4)c3c2F)c1. The van der Waals surface area contributed by atoms with E-state index in [1.165, 1.54) is 0 Å². The molecule has 0 fully saturated rings. The normalized spacial score (nSPS) is 12.3. The van der Waals surface area contributed by atoms with Gasteiger partial charge in [0.2, 0.25) is 0 Å². The predicted molar refractivity (Wildman–Crippen MR) is 145 cm³/mol. The van der Waals surface area contributed by atoms with Crippen molar-refractivity contribution >= 4 is 27.8 Å². The minimum absolute atomic E-state index is 0.311. The first kappa shape index (κ1) is 23.7. The van der Waals surface area contributed by atoms with Crippen LogP contribution in [0.25, 0.3) is 55.8 Å². The van der Waals surface area contributed by atoms with Crippen LogP contribution in [0.5, 0.6) is 0 Å². The number of aromatic amines is 2. The van der Waals surface area contributed by atoms with E-state index >= 15 is 4.39 Å². The van der Waals surface area contributed by atoms with E-state index in [9.17, 15) is 5.11 Å². The van der Waals surface area contributed by atoms with E-state index in [0.717, 1.165) is 24.0 Å². The highest BCUT2D eigenvalue weighted by molar-refractivity contribution is 5.98. The maximum atomic E-state index is 16.1. The van der Waals surface area contributed by atoms with Gasteiger partial charge in [0.1, 0.15) is 23.3 Å². The Labute approximate surface area is 217 Å². The lowest BCUT2D eigenvalue weighted by Gasteiger charge is -2.14. The van der Waals surface area contributed by atoms with Gasteiger partial charge in [-0.2, -0.15) is 5.10 Å². The molecule has 190 valence electrons. The van der Waals surface area contributed by atoms with Crippen LogP contribution in [-0.2, 0) is 0 Å². The van der Waals surface area contributed by atoms with Crippen molar-refractivity contribution in [3.63, 3.8) is 0 Å². The van der Waals surface area contributed by atoms with E-state index in [0.29, 0.717) is 56.8 Å². The van der Waals surface area contributed by atoms with E-state index in [4.69, 9.17) is 4.98 Å². The maximum Gasteiger partial charge on any atom is 0.161 e. The molecule has 0 saturated carbocycles. The number of fused-ring (bicyclic) bond motifs is 2. The van der Waals surface area contributed by atoms with Crippen molar-refractivity contribution in [1.29, 1.82) is 0 Å². The number of nitrogens with zero attached hydrogens (tertiary/aromatic N) is 5. The number of H-pyrrole nitrogens is 2. The molecule has 9 nitrogen and oxygen atoms in total. The predicted octanol–water partition coefficient (Wildman–Crippen LogP) is 5.68. The molecule has 0 aliphatic carbocycles. The van der Waals surface area contributed by atoms with Crippen LogP contribution < -0.4 is 5.32 Å². The van der Waals surface area contributed by atoms with Crippen LogP contribution >= 0.6 is 0 Å². The van der Waals surface area contributed by atoms with E-state index in [1.807, 2.05) is 18.2 Å². The Morgan fingerprint density at radius 2 is 1.92 bits per heavy atom. The Bertz CT molecular complexity index is 1730. The molecule has 6 rings (SSSR count). The minimum atomic E-state index is -0.696. The molecule has 1 atom stereocenters. The van der Waals surface area contributed by atoms with Gasteiger partial charge >= 0.3 is 0 Å². The summed E-state index contributed by atoms with van der Waals surface area (Å²) in [5.74, 6) is -0.0450. The molecule has 0 radical (unpaired) electrons. The number of halogens is 1. The van der Waals surface area contributed by atoms with Gasteiger partial charge in [-0.1, -0.05) is 19.4 Å². The Kier molecular flexibility index (Phi) is 6.22. The van der Waals surface area contributed by atoms with Crippen LogP contribution in [0, 0.1) is 5.82 Å². The van der Waals surface area contributed by atoms with Gasteiger partial charge < -0.3 is 15.4 Å². The van der Waals surface area contributed by atoms with Crippen molar-refractivity contribution in [2.75, 3.05) is 5.32 Å². The second-order valence-corrected chi connectivity index (χ2v) is 9.07. The molecule has 0 spiro atoms. The molecule has 4 N–H and O–H groups in total. The highest BCUT2D eigenvalue weighted by atomic mass is 19.1. The zero-order chi connectivity index (χ0) is 26.1. The van der Waals surface area contributed by atoms with E-state index < -0.39 is 12.0 Å². The highest BCUT2D eigenvalue weighted by Gasteiger charge is 2.21. The number of hydrogen-bond donors (Lipinski definition) is 4. The number of pyridine rings is 3. The molecule has 0 bridgehead atoms. The molecular formula is C28H25FN8O. The number of unbranched alkanes of at least 4 members (excludes halogenated alkanes) is 1. The molecule has 1 aromatic carbocycles. The Balaban J connectivity index is 1.41. The van der Waals surface area contributed by atoms with Crippen LogP contribution in [0.4, 0.5) is 10.1 Å². The number of aliphatic hydroxyl groups excluding tert-OH is 1. The van der Waals surface area contributed by atoms with Crippen LogP contribution in [0.3, 0.4) is 0 Å². The van der Waals surface area contributed by atoms with Crippen molar-refractivity contribution in [2.45, 2.75) is 32.4 Å². The second-order valence-electron chi connectivity index (χ2n) is 9.07. The Morgan fingerprint density at radius 1 is 1.03 bits per heavy atom. The summed E-state index contributed by atoms with van der Waals surface area (Å²) < 4.78 is 16.1. The fourth-order valence-corrected chi connectivity index (χ4v) is 4.57. The van der Waals surface area contributed by atoms with Crippen LogP contribution in [-0.4, -0.2) is 46.5 Å². The molecule has 0 aliphatic heterocycles. The highest BCUT2D eigenvalue weighted by Crippen LogP contribution is 2.35. The van der Waals surface area contributed by atoms with Crippen molar-refractivity contribution in [3.8, 4) is 33.8 Å². The van der Waals surface area contributed by atoms with Crippen LogP contribution in [0.1, 0.15) is 26.2 Å². The molecule has 10 heteroatoms. The van der Waals surface area contributed by atoms with Gasteiger partial charge in [0, 0.05) is 47.0 Å². The number of aromatic nitrogens is 7. The Hall–Kier alpha value is -4.70. The lowest BCUT2D eigenvalue weighted by molar-refractivity contribution is 0.190. The van der Waals surface area contributed by atoms with Crippen molar-refractivity contribution in [2.24, 2.45) is 0 Å². The number of aliphatic hydroxyl groups is 1. The molecule has 5 heterocycles. The molecule has 1 unspecified atom stereocenters. The maximum absolute atomic E-state index is 16.1. The van der Waals surface area contributed by atoms with Crippen molar-refractivity contribution in [1.82, 2.24) is 35.1 Å². The summed E-state index contributed by atoms with van der Waals surface area (Å²) >= 11 is 0. The summed E-state index contributed by atoms with van der Waals surface area (Å²) in [6, 6.07) is 10.9. The first-order chi connectivity index (χ1) is 18.6. The summed E-state index contributed by atoms with van der Waals surface area (Å²) in [6.45, 7) is 2.07. The summed E-state index contributed by atoms with van der Waals surface area (Å²) in [6.07, 6.45) is 10.2. The molecule has 0 saturated heterocycles. The first-order valence-electron chi connectivity index (χ1n) is 12.4. The largest absolute Gasteiger partial charge is 0.374 e. The average Bonchev–Trinajstić information content (AvgIpc) is 3.57. The van der Waals surface area contributed by atoms with Crippen LogP contribution in [0.2, 0.25) is 0 Å². The van der Waals surface area contributed by atoms with E-state index in [2.05, 4.69) is 42.4 Å². The van der Waals surface area contributed by atoms with Gasteiger partial charge in [-0.15, -0.1) is 0 Å². The van der Waals surface area contributed by atoms with Gasteiger partial charge in [-0.25, -0.2) is 14.4 Å². The Morgan fingerprint density at radius 3 is 2.76 bits per heavy atom. The molecular weight excluding hydrogens is 483 g/mol. The number of nitrogens with one attached hydrogen (secondary N) is 3. The third kappa shape index (κ3) is 4.35. The quantitative estimate of drug-likeness (QED) is 0.195. The number of hydrogen-bond acceptors (Lipinski definition) is 7. The summed E-state index contributed by atoms with van der Waals surface area (Å²) in [5, 5.41) is 20.9. The second kappa shape index (κ2) is 9.98. The first-order valence-corrected chi connectivity index (χ1v) is 12.4. The van der Waals surface area contributed by atoms with Gasteiger partial charge in [0.25, 0.3) is 0 Å². The third-order valence-corrected chi connectivity index (χ3v) is 6.46. The third-order valence-electron chi connectivity index (χ3n) is 6.46. The zero-order valence-electron chi connectivity index (χ0n) is 20.6. The van der Waals surface area contributed by atoms with Gasteiger partial charge in [-0.05, 0) is 43.2 Å². The number of benzene rings is 1. The topological polar surface area (TPSA) is 128 Å². The van der Waals surface area contributed by atoms with Crippen LogP contribution in [0.15, 0.2) is 67.4 Å². The lowest BCUT2D eigenvalue weighted by atomic mass is 10.0. The van der Waals surface area contributed by atoms with Crippen molar-refractivity contribution < 1.29 is 9.50 Å². The molecule has 0 amide bonds. The number of anilines is 1. The zero-order valence-corrected chi connectivity index (χ0v) is 20.6. The average molecular weight is 509 g/mol. The number of rotatable bonds is 8. The molecule has 6 aromatic rings. The van der Waals surface area contributed by atoms with Crippen molar-refractivity contribution in [3.05, 3.63) is 73.2 Å². The van der Waals surface area contributed by atoms with E-state index in [1.54, 1.807) is 49.2 Å². The molecule has 5 aromatic heterocycles. The van der Waals surface area contributed by atoms with Gasteiger partial charge in [-0.3, -0.25) is 15.1 Å². The fourth-order valence-electron chi connectivity index (χ4n) is 4.57. The smallest absolute Gasteiger partial charge is 0.161 e. The summed E-state index contributed by atoms with van der Waals surface area (Å²) in [7, 11) is 0. The molecule has 38 heavy (non-hydrogen) atoms. The summed E-state index contributed by atoms with van der Waals surface area (Å²) in [4.78, 5) is 20.8.